The van der Waals surface area contributed by atoms with Crippen molar-refractivity contribution in [2.75, 3.05) is 0 Å². The number of aldehydes is 1. The molecule has 0 saturated heterocycles. The standard InChI is InChI=1S/C17H11N3OS/c21-11-13-10-20(19-16(13)12-6-2-1-3-7-12)17-18-14-8-4-5-9-15(14)22-17/h1-11H. The van der Waals surface area contributed by atoms with Crippen LogP contribution >= 0.6 is 11.3 Å². The third kappa shape index (κ3) is 2.12. The van der Waals surface area contributed by atoms with E-state index in [1.807, 2.05) is 54.6 Å². The van der Waals surface area contributed by atoms with Crippen molar-refractivity contribution in [2.45, 2.75) is 0 Å². The summed E-state index contributed by atoms with van der Waals surface area (Å²) in [5, 5.41) is 5.31. The Morgan fingerprint density at radius 1 is 1.00 bits per heavy atom. The van der Waals surface area contributed by atoms with Crippen molar-refractivity contribution in [1.82, 2.24) is 14.8 Å². The molecule has 0 aliphatic rings. The second-order valence-electron chi connectivity index (χ2n) is 4.83. The predicted octanol–water partition coefficient (Wildman–Crippen LogP) is 3.96. The molecule has 0 aliphatic carbocycles. The molecule has 0 atom stereocenters. The van der Waals surface area contributed by atoms with E-state index in [-0.39, 0.29) is 0 Å². The highest BCUT2D eigenvalue weighted by Crippen LogP contribution is 2.27. The van der Waals surface area contributed by atoms with Gasteiger partial charge in [0.05, 0.1) is 15.8 Å². The highest BCUT2D eigenvalue weighted by Gasteiger charge is 2.13. The van der Waals surface area contributed by atoms with E-state index < -0.39 is 0 Å². The number of benzene rings is 2. The molecule has 2 aromatic heterocycles. The zero-order valence-corrected chi connectivity index (χ0v) is 12.3. The van der Waals surface area contributed by atoms with Crippen LogP contribution in [0.2, 0.25) is 0 Å². The average Bonchev–Trinajstić information content (AvgIpc) is 3.19. The van der Waals surface area contributed by atoms with Crippen molar-refractivity contribution in [3.05, 3.63) is 66.4 Å². The number of carbonyl (C=O) groups is 1. The summed E-state index contributed by atoms with van der Waals surface area (Å²) in [6, 6.07) is 17.6. The smallest absolute Gasteiger partial charge is 0.211 e. The van der Waals surface area contributed by atoms with Gasteiger partial charge in [0.25, 0.3) is 0 Å². The number of rotatable bonds is 3. The van der Waals surface area contributed by atoms with Crippen molar-refractivity contribution in [1.29, 1.82) is 0 Å². The first-order chi connectivity index (χ1) is 10.8. The Morgan fingerprint density at radius 3 is 2.55 bits per heavy atom. The first-order valence-electron chi connectivity index (χ1n) is 6.81. The number of fused-ring (bicyclic) bond motifs is 1. The maximum atomic E-state index is 11.3. The fraction of sp³-hybridized carbons (Fsp3) is 0. The van der Waals surface area contributed by atoms with Gasteiger partial charge in [-0.15, -0.1) is 0 Å². The predicted molar refractivity (Wildman–Crippen MR) is 87.6 cm³/mol. The third-order valence-corrected chi connectivity index (χ3v) is 4.42. The summed E-state index contributed by atoms with van der Waals surface area (Å²) in [5.74, 6) is 0. The number of nitrogens with zero attached hydrogens (tertiary/aromatic N) is 3. The van der Waals surface area contributed by atoms with E-state index in [1.165, 1.54) is 0 Å². The van der Waals surface area contributed by atoms with E-state index in [2.05, 4.69) is 10.1 Å². The van der Waals surface area contributed by atoms with E-state index in [1.54, 1.807) is 22.2 Å². The zero-order chi connectivity index (χ0) is 14.9. The third-order valence-electron chi connectivity index (χ3n) is 3.40. The van der Waals surface area contributed by atoms with Crippen LogP contribution < -0.4 is 0 Å². The average molecular weight is 305 g/mol. The van der Waals surface area contributed by atoms with Gasteiger partial charge in [-0.05, 0) is 12.1 Å². The maximum absolute atomic E-state index is 11.3. The van der Waals surface area contributed by atoms with E-state index in [0.29, 0.717) is 11.3 Å². The molecule has 2 aromatic carbocycles. The van der Waals surface area contributed by atoms with Crippen molar-refractivity contribution in [2.24, 2.45) is 0 Å². The SMILES string of the molecule is O=Cc1cn(-c2nc3ccccc3s2)nc1-c1ccccc1. The van der Waals surface area contributed by atoms with Crippen LogP contribution in [0.3, 0.4) is 0 Å². The first-order valence-corrected chi connectivity index (χ1v) is 7.63. The lowest BCUT2D eigenvalue weighted by Gasteiger charge is -1.96. The second kappa shape index (κ2) is 5.20. The minimum atomic E-state index is 0.561. The van der Waals surface area contributed by atoms with Gasteiger partial charge in [-0.2, -0.15) is 5.10 Å². The Balaban J connectivity index is 1.86. The van der Waals surface area contributed by atoms with Gasteiger partial charge in [-0.25, -0.2) is 9.67 Å². The summed E-state index contributed by atoms with van der Waals surface area (Å²) in [6.07, 6.45) is 2.56. The van der Waals surface area contributed by atoms with Crippen molar-refractivity contribution >= 4 is 27.8 Å². The lowest BCUT2D eigenvalue weighted by molar-refractivity contribution is 0.112. The molecule has 0 N–H and O–H groups in total. The first kappa shape index (κ1) is 12.9. The Labute approximate surface area is 130 Å². The van der Waals surface area contributed by atoms with Gasteiger partial charge in [0, 0.05) is 11.8 Å². The molecular weight excluding hydrogens is 294 g/mol. The van der Waals surface area contributed by atoms with Crippen LogP contribution in [0.5, 0.6) is 0 Å². The molecule has 0 saturated carbocycles. The van der Waals surface area contributed by atoms with E-state index >= 15 is 0 Å². The van der Waals surface area contributed by atoms with Gasteiger partial charge < -0.3 is 0 Å². The minimum absolute atomic E-state index is 0.561. The largest absolute Gasteiger partial charge is 0.298 e. The van der Waals surface area contributed by atoms with Gasteiger partial charge in [0.1, 0.15) is 5.69 Å². The molecule has 0 aliphatic heterocycles. The quantitative estimate of drug-likeness (QED) is 0.538. The molecule has 106 valence electrons. The maximum Gasteiger partial charge on any atom is 0.211 e. The van der Waals surface area contributed by atoms with Crippen molar-refractivity contribution < 1.29 is 4.79 Å². The molecule has 0 unspecified atom stereocenters. The Hall–Kier alpha value is -2.79. The number of thiazole rings is 1. The van der Waals surface area contributed by atoms with Crippen LogP contribution in [0.15, 0.2) is 60.8 Å². The van der Waals surface area contributed by atoms with Crippen LogP contribution in [-0.2, 0) is 0 Å². The van der Waals surface area contributed by atoms with Crippen LogP contribution in [0.4, 0.5) is 0 Å². The highest BCUT2D eigenvalue weighted by atomic mass is 32.1. The number of aromatic nitrogens is 3. The fourth-order valence-electron chi connectivity index (χ4n) is 2.35. The number of carbonyl (C=O) groups excluding carboxylic acids is 1. The van der Waals surface area contributed by atoms with Crippen LogP contribution in [0.1, 0.15) is 10.4 Å². The summed E-state index contributed by atoms with van der Waals surface area (Å²) < 4.78 is 2.78. The zero-order valence-electron chi connectivity index (χ0n) is 11.5. The molecular formula is C17H11N3OS. The van der Waals surface area contributed by atoms with Gasteiger partial charge >= 0.3 is 0 Å². The molecule has 0 radical (unpaired) electrons. The molecule has 4 nitrogen and oxygen atoms in total. The lowest BCUT2D eigenvalue weighted by atomic mass is 10.1. The van der Waals surface area contributed by atoms with Crippen LogP contribution in [0, 0.1) is 0 Å². The monoisotopic (exact) mass is 305 g/mol. The summed E-state index contributed by atoms with van der Waals surface area (Å²) >= 11 is 1.55. The molecule has 0 amide bonds. The molecule has 2 heterocycles. The number of hydrogen-bond donors (Lipinski definition) is 0. The van der Waals surface area contributed by atoms with Crippen LogP contribution in [-0.4, -0.2) is 21.1 Å². The van der Waals surface area contributed by atoms with E-state index in [4.69, 9.17) is 0 Å². The molecule has 5 heteroatoms. The Kier molecular flexibility index (Phi) is 3.05. The molecule has 0 spiro atoms. The fourth-order valence-corrected chi connectivity index (χ4v) is 3.24. The molecule has 0 bridgehead atoms. The van der Waals surface area contributed by atoms with Gasteiger partial charge in [0.2, 0.25) is 5.13 Å². The van der Waals surface area contributed by atoms with Crippen LogP contribution in [0.25, 0.3) is 26.6 Å². The van der Waals surface area contributed by atoms with E-state index in [9.17, 15) is 4.79 Å². The molecule has 22 heavy (non-hydrogen) atoms. The molecule has 0 fully saturated rings. The number of para-hydroxylation sites is 1. The van der Waals surface area contributed by atoms with Gasteiger partial charge in [-0.3, -0.25) is 4.79 Å². The highest BCUT2D eigenvalue weighted by molar-refractivity contribution is 7.20. The second-order valence-corrected chi connectivity index (χ2v) is 5.83. The van der Waals surface area contributed by atoms with E-state index in [0.717, 1.165) is 27.2 Å². The van der Waals surface area contributed by atoms with Gasteiger partial charge in [0.15, 0.2) is 6.29 Å². The summed E-state index contributed by atoms with van der Waals surface area (Å²) in [7, 11) is 0. The Bertz CT molecular complexity index is 923. The summed E-state index contributed by atoms with van der Waals surface area (Å²) in [4.78, 5) is 15.9. The lowest BCUT2D eigenvalue weighted by Crippen LogP contribution is -1.93. The molecule has 4 rings (SSSR count). The van der Waals surface area contributed by atoms with Crippen molar-refractivity contribution in [3.8, 4) is 16.4 Å². The Morgan fingerprint density at radius 2 is 1.77 bits per heavy atom. The van der Waals surface area contributed by atoms with Crippen molar-refractivity contribution in [3.63, 3.8) is 0 Å². The number of hydrogen-bond acceptors (Lipinski definition) is 4. The topological polar surface area (TPSA) is 47.8 Å². The molecule has 4 aromatic rings. The summed E-state index contributed by atoms with van der Waals surface area (Å²) in [5.41, 5.74) is 3.09. The normalized spacial score (nSPS) is 10.9. The van der Waals surface area contributed by atoms with Gasteiger partial charge in [-0.1, -0.05) is 53.8 Å². The minimum Gasteiger partial charge on any atom is -0.298 e. The summed E-state index contributed by atoms with van der Waals surface area (Å²) in [6.45, 7) is 0.